The van der Waals surface area contributed by atoms with Gasteiger partial charge in [0.2, 0.25) is 0 Å². The van der Waals surface area contributed by atoms with Crippen LogP contribution in [0.5, 0.6) is 0 Å². The average molecular weight is 344 g/mol. The molecule has 3 rings (SSSR count). The lowest BCUT2D eigenvalue weighted by Gasteiger charge is -2.33. The van der Waals surface area contributed by atoms with Crippen molar-refractivity contribution < 1.29 is 9.32 Å². The first-order chi connectivity index (χ1) is 11.7. The topological polar surface area (TPSA) is 73.0 Å². The van der Waals surface area contributed by atoms with Crippen molar-refractivity contribution in [2.24, 2.45) is 18.4 Å². The van der Waals surface area contributed by atoms with Gasteiger partial charge in [0.1, 0.15) is 5.76 Å². The SMILES string of the molecule is Cc1nn(C)c(C)c1CNC(=O)c1noc2c1CC(C(C)(C)C)CC2. The fourth-order valence-corrected chi connectivity index (χ4v) is 3.65. The smallest absolute Gasteiger partial charge is 0.274 e. The molecular formula is C19H28N4O2. The Labute approximate surface area is 149 Å². The quantitative estimate of drug-likeness (QED) is 0.928. The van der Waals surface area contributed by atoms with Gasteiger partial charge < -0.3 is 9.84 Å². The highest BCUT2D eigenvalue weighted by Crippen LogP contribution is 2.38. The van der Waals surface area contributed by atoms with Gasteiger partial charge in [0.15, 0.2) is 5.69 Å². The Bertz CT molecular complexity index is 795. The molecule has 2 heterocycles. The number of hydrogen-bond donors (Lipinski definition) is 1. The number of fused-ring (bicyclic) bond motifs is 1. The van der Waals surface area contributed by atoms with E-state index in [1.54, 1.807) is 0 Å². The molecule has 0 spiro atoms. The molecule has 2 aromatic rings. The highest BCUT2D eigenvalue weighted by atomic mass is 16.5. The Hall–Kier alpha value is -2.11. The lowest BCUT2D eigenvalue weighted by atomic mass is 9.71. The Kier molecular flexibility index (Phi) is 4.47. The lowest BCUT2D eigenvalue weighted by molar-refractivity contribution is 0.0940. The summed E-state index contributed by atoms with van der Waals surface area (Å²) in [6.07, 6.45) is 2.80. The summed E-state index contributed by atoms with van der Waals surface area (Å²) in [5.74, 6) is 1.25. The zero-order chi connectivity index (χ0) is 18.4. The molecule has 1 aliphatic rings. The van der Waals surface area contributed by atoms with Gasteiger partial charge in [-0.2, -0.15) is 5.10 Å². The molecular weight excluding hydrogens is 316 g/mol. The van der Waals surface area contributed by atoms with E-state index in [0.29, 0.717) is 18.2 Å². The van der Waals surface area contributed by atoms with Gasteiger partial charge in [0.25, 0.3) is 5.91 Å². The van der Waals surface area contributed by atoms with Crippen LogP contribution in [0.25, 0.3) is 0 Å². The summed E-state index contributed by atoms with van der Waals surface area (Å²) in [4.78, 5) is 12.7. The fourth-order valence-electron chi connectivity index (χ4n) is 3.65. The molecule has 6 heteroatoms. The van der Waals surface area contributed by atoms with Crippen LogP contribution < -0.4 is 5.32 Å². The second-order valence-electron chi connectivity index (χ2n) is 8.19. The molecule has 1 atom stereocenters. The first-order valence-corrected chi connectivity index (χ1v) is 8.93. The summed E-state index contributed by atoms with van der Waals surface area (Å²) in [5.41, 5.74) is 4.71. The van der Waals surface area contributed by atoms with E-state index >= 15 is 0 Å². The van der Waals surface area contributed by atoms with Crippen molar-refractivity contribution in [1.29, 1.82) is 0 Å². The number of carbonyl (C=O) groups is 1. The molecule has 1 N–H and O–H groups in total. The van der Waals surface area contributed by atoms with Crippen molar-refractivity contribution in [2.75, 3.05) is 0 Å². The largest absolute Gasteiger partial charge is 0.360 e. The zero-order valence-electron chi connectivity index (χ0n) is 16.1. The van der Waals surface area contributed by atoms with E-state index in [1.165, 1.54) is 0 Å². The molecule has 6 nitrogen and oxygen atoms in total. The van der Waals surface area contributed by atoms with Gasteiger partial charge in [-0.1, -0.05) is 25.9 Å². The number of hydrogen-bond acceptors (Lipinski definition) is 4. The van der Waals surface area contributed by atoms with E-state index in [0.717, 1.165) is 47.5 Å². The van der Waals surface area contributed by atoms with Gasteiger partial charge in [0.05, 0.1) is 5.69 Å². The van der Waals surface area contributed by atoms with Gasteiger partial charge in [0, 0.05) is 36.8 Å². The second-order valence-corrected chi connectivity index (χ2v) is 8.19. The molecule has 1 aliphatic carbocycles. The van der Waals surface area contributed by atoms with Crippen molar-refractivity contribution in [3.05, 3.63) is 34.0 Å². The molecule has 1 amide bonds. The molecule has 0 aromatic carbocycles. The predicted molar refractivity (Wildman–Crippen MR) is 95.3 cm³/mol. The lowest BCUT2D eigenvalue weighted by Crippen LogP contribution is -2.29. The van der Waals surface area contributed by atoms with Crippen molar-refractivity contribution in [3.8, 4) is 0 Å². The molecule has 0 aliphatic heterocycles. The third-order valence-electron chi connectivity index (χ3n) is 5.56. The number of nitrogens with zero attached hydrogens (tertiary/aromatic N) is 3. The van der Waals surface area contributed by atoms with Crippen LogP contribution in [0.15, 0.2) is 4.52 Å². The van der Waals surface area contributed by atoms with Crippen molar-refractivity contribution in [2.45, 2.75) is 60.4 Å². The molecule has 25 heavy (non-hydrogen) atoms. The van der Waals surface area contributed by atoms with E-state index in [4.69, 9.17) is 4.52 Å². The summed E-state index contributed by atoms with van der Waals surface area (Å²) in [7, 11) is 1.91. The van der Waals surface area contributed by atoms with Crippen molar-refractivity contribution in [1.82, 2.24) is 20.3 Å². The van der Waals surface area contributed by atoms with Crippen LogP contribution in [0.3, 0.4) is 0 Å². The third kappa shape index (κ3) is 3.34. The first kappa shape index (κ1) is 17.7. The molecule has 0 bridgehead atoms. The first-order valence-electron chi connectivity index (χ1n) is 8.93. The molecule has 136 valence electrons. The zero-order valence-corrected chi connectivity index (χ0v) is 16.1. The Morgan fingerprint density at radius 3 is 2.68 bits per heavy atom. The number of amides is 1. The Morgan fingerprint density at radius 2 is 2.08 bits per heavy atom. The maximum absolute atomic E-state index is 12.7. The summed E-state index contributed by atoms with van der Waals surface area (Å²) in [6, 6.07) is 0. The van der Waals surface area contributed by atoms with E-state index in [2.05, 4.69) is 36.3 Å². The minimum Gasteiger partial charge on any atom is -0.360 e. The van der Waals surface area contributed by atoms with E-state index in [1.807, 2.05) is 25.6 Å². The Balaban J connectivity index is 1.75. The fraction of sp³-hybridized carbons (Fsp3) is 0.632. The minimum absolute atomic E-state index is 0.165. The van der Waals surface area contributed by atoms with Gasteiger partial charge in [-0.15, -0.1) is 0 Å². The van der Waals surface area contributed by atoms with Gasteiger partial charge >= 0.3 is 0 Å². The van der Waals surface area contributed by atoms with Crippen LogP contribution >= 0.6 is 0 Å². The highest BCUT2D eigenvalue weighted by molar-refractivity contribution is 5.93. The summed E-state index contributed by atoms with van der Waals surface area (Å²) in [5, 5.41) is 11.4. The molecule has 1 unspecified atom stereocenters. The molecule has 0 fully saturated rings. The van der Waals surface area contributed by atoms with E-state index < -0.39 is 0 Å². The number of nitrogens with one attached hydrogen (secondary N) is 1. The summed E-state index contributed by atoms with van der Waals surface area (Å²) < 4.78 is 7.28. The predicted octanol–water partition coefficient (Wildman–Crippen LogP) is 3.11. The number of aromatic nitrogens is 3. The molecule has 2 aromatic heterocycles. The van der Waals surface area contributed by atoms with E-state index in [9.17, 15) is 4.79 Å². The standard InChI is InChI=1S/C19H28N4O2/c1-11-15(12(2)23(6)21-11)10-20-18(24)17-14-9-13(19(3,4)5)7-8-16(14)25-22-17/h13H,7-10H2,1-6H3,(H,20,24). The van der Waals surface area contributed by atoms with Crippen molar-refractivity contribution in [3.63, 3.8) is 0 Å². The van der Waals surface area contributed by atoms with Crippen LogP contribution in [0, 0.1) is 25.2 Å². The maximum Gasteiger partial charge on any atom is 0.274 e. The van der Waals surface area contributed by atoms with Gasteiger partial charge in [-0.25, -0.2) is 0 Å². The normalized spacial score (nSPS) is 17.4. The summed E-state index contributed by atoms with van der Waals surface area (Å²) >= 11 is 0. The van der Waals surface area contributed by atoms with Crippen LogP contribution in [0.1, 0.15) is 66.0 Å². The molecule has 0 saturated heterocycles. The average Bonchev–Trinajstić information content (AvgIpc) is 3.06. The minimum atomic E-state index is -0.165. The number of carbonyl (C=O) groups excluding carboxylic acids is 1. The summed E-state index contributed by atoms with van der Waals surface area (Å²) in [6.45, 7) is 11.2. The van der Waals surface area contributed by atoms with Crippen LogP contribution in [-0.2, 0) is 26.4 Å². The van der Waals surface area contributed by atoms with Gasteiger partial charge in [-0.3, -0.25) is 9.48 Å². The van der Waals surface area contributed by atoms with E-state index in [-0.39, 0.29) is 11.3 Å². The van der Waals surface area contributed by atoms with Crippen LogP contribution in [0.4, 0.5) is 0 Å². The van der Waals surface area contributed by atoms with Crippen LogP contribution in [0.2, 0.25) is 0 Å². The third-order valence-corrected chi connectivity index (χ3v) is 5.56. The second kappa shape index (κ2) is 6.32. The number of aryl methyl sites for hydroxylation is 3. The van der Waals surface area contributed by atoms with Crippen molar-refractivity contribution >= 4 is 5.91 Å². The molecule has 0 radical (unpaired) electrons. The van der Waals surface area contributed by atoms with Gasteiger partial charge in [-0.05, 0) is 38.0 Å². The number of rotatable bonds is 3. The maximum atomic E-state index is 12.7. The molecule has 0 saturated carbocycles. The Morgan fingerprint density at radius 1 is 1.36 bits per heavy atom. The van der Waals surface area contributed by atoms with Crippen LogP contribution in [-0.4, -0.2) is 20.8 Å². The monoisotopic (exact) mass is 344 g/mol. The highest BCUT2D eigenvalue weighted by Gasteiger charge is 2.34.